The first-order valence-electron chi connectivity index (χ1n) is 5.99. The molecule has 22 heavy (non-hydrogen) atoms. The summed E-state index contributed by atoms with van der Waals surface area (Å²) in [6.45, 7) is 2.41. The molecule has 1 saturated heterocycles. The van der Waals surface area contributed by atoms with Crippen LogP contribution in [0.25, 0.3) is 0 Å². The molecule has 128 valence electrons. The van der Waals surface area contributed by atoms with Crippen molar-refractivity contribution in [1.29, 1.82) is 0 Å². The zero-order chi connectivity index (χ0) is 17.6. The molecule has 3 unspecified atom stereocenters. The molecule has 0 aromatic heterocycles. The van der Waals surface area contributed by atoms with Gasteiger partial charge in [-0.2, -0.15) is 22.0 Å². The molecule has 10 heteroatoms. The van der Waals surface area contributed by atoms with Gasteiger partial charge in [-0.1, -0.05) is 13.5 Å². The summed E-state index contributed by atoms with van der Waals surface area (Å²) in [4.78, 5) is 11.0. The molecular formula is C12H15F5O5. The Balaban J connectivity index is 3.22. The van der Waals surface area contributed by atoms with Gasteiger partial charge < -0.3 is 19.7 Å². The summed E-state index contributed by atoms with van der Waals surface area (Å²) >= 11 is 0. The minimum absolute atomic E-state index is 0.411. The van der Waals surface area contributed by atoms with Gasteiger partial charge in [-0.25, -0.2) is 4.79 Å². The van der Waals surface area contributed by atoms with E-state index in [1.165, 1.54) is 0 Å². The molecule has 0 saturated carbocycles. The van der Waals surface area contributed by atoms with Crippen molar-refractivity contribution in [3.8, 4) is 0 Å². The monoisotopic (exact) mass is 334 g/mol. The van der Waals surface area contributed by atoms with Gasteiger partial charge >= 0.3 is 23.9 Å². The number of carbonyl (C=O) groups is 1. The van der Waals surface area contributed by atoms with E-state index in [1.54, 1.807) is 0 Å². The molecule has 0 aliphatic carbocycles. The first kappa shape index (κ1) is 18.8. The summed E-state index contributed by atoms with van der Waals surface area (Å²) in [5.74, 6) is -11.0. The Kier molecular flexibility index (Phi) is 4.39. The Bertz CT molecular complexity index is 475. The number of ether oxygens (including phenoxy) is 2. The molecule has 1 aliphatic rings. The lowest BCUT2D eigenvalue weighted by atomic mass is 9.67. The van der Waals surface area contributed by atoms with Crippen LogP contribution in [0.15, 0.2) is 12.7 Å². The van der Waals surface area contributed by atoms with E-state index in [9.17, 15) is 37.0 Å². The van der Waals surface area contributed by atoms with Crippen LogP contribution in [0.2, 0.25) is 0 Å². The predicted octanol–water partition coefficient (Wildman–Crippen LogP) is 1.39. The van der Waals surface area contributed by atoms with E-state index < -0.39 is 48.1 Å². The van der Waals surface area contributed by atoms with E-state index in [1.807, 2.05) is 0 Å². The van der Waals surface area contributed by atoms with E-state index in [0.717, 1.165) is 6.92 Å². The van der Waals surface area contributed by atoms with Crippen molar-refractivity contribution in [2.45, 2.75) is 37.3 Å². The van der Waals surface area contributed by atoms with Crippen molar-refractivity contribution in [2.75, 3.05) is 13.2 Å². The van der Waals surface area contributed by atoms with Crippen molar-refractivity contribution in [1.82, 2.24) is 0 Å². The van der Waals surface area contributed by atoms with Crippen LogP contribution in [-0.4, -0.2) is 52.9 Å². The highest BCUT2D eigenvalue weighted by molar-refractivity contribution is 5.81. The first-order chi connectivity index (χ1) is 9.66. The minimum Gasteiger partial charge on any atom is -0.462 e. The van der Waals surface area contributed by atoms with Crippen LogP contribution in [0.4, 0.5) is 22.0 Å². The molecule has 1 rings (SSSR count). The number of halogens is 5. The van der Waals surface area contributed by atoms with Gasteiger partial charge in [0.05, 0.1) is 12.0 Å². The maximum atomic E-state index is 14.1. The number of hydrogen-bond acceptors (Lipinski definition) is 5. The van der Waals surface area contributed by atoms with Gasteiger partial charge in [-0.3, -0.25) is 0 Å². The third kappa shape index (κ3) is 2.38. The highest BCUT2D eigenvalue weighted by atomic mass is 19.4. The second kappa shape index (κ2) is 5.14. The normalized spacial score (nSPS) is 38.4. The van der Waals surface area contributed by atoms with Crippen LogP contribution in [0, 0.1) is 5.41 Å². The maximum absolute atomic E-state index is 14.1. The maximum Gasteiger partial charge on any atom is 0.449 e. The van der Waals surface area contributed by atoms with Gasteiger partial charge in [-0.05, 0) is 6.92 Å². The number of esters is 1. The molecular weight excluding hydrogens is 319 g/mol. The quantitative estimate of drug-likeness (QED) is 0.463. The van der Waals surface area contributed by atoms with Crippen molar-refractivity contribution in [3.63, 3.8) is 0 Å². The molecule has 1 aliphatic heterocycles. The van der Waals surface area contributed by atoms with Crippen LogP contribution in [-0.2, 0) is 14.3 Å². The van der Waals surface area contributed by atoms with E-state index in [4.69, 9.17) is 0 Å². The fourth-order valence-corrected chi connectivity index (χ4v) is 1.94. The van der Waals surface area contributed by atoms with Crippen molar-refractivity contribution < 1.29 is 46.4 Å². The summed E-state index contributed by atoms with van der Waals surface area (Å²) in [6, 6.07) is 0. The lowest BCUT2D eigenvalue weighted by molar-refractivity contribution is -0.489. The van der Waals surface area contributed by atoms with E-state index in [0.29, 0.717) is 13.0 Å². The first-order valence-corrected chi connectivity index (χ1v) is 5.99. The molecule has 1 fully saturated rings. The minimum atomic E-state index is -5.85. The zero-order valence-corrected chi connectivity index (χ0v) is 11.7. The summed E-state index contributed by atoms with van der Waals surface area (Å²) in [5, 5.41) is 19.2. The van der Waals surface area contributed by atoms with E-state index in [-0.39, 0.29) is 0 Å². The second-order valence-corrected chi connectivity index (χ2v) is 5.45. The Labute approximate surface area is 122 Å². The zero-order valence-electron chi connectivity index (χ0n) is 11.7. The third-order valence-electron chi connectivity index (χ3n) is 3.90. The van der Waals surface area contributed by atoms with Gasteiger partial charge in [0.25, 0.3) is 0 Å². The Hall–Kier alpha value is -1.26. The summed E-state index contributed by atoms with van der Waals surface area (Å²) in [5.41, 5.74) is -5.49. The summed E-state index contributed by atoms with van der Waals surface area (Å²) in [7, 11) is 0. The molecule has 3 atom stereocenters. The van der Waals surface area contributed by atoms with Gasteiger partial charge in [0.1, 0.15) is 12.2 Å². The summed E-state index contributed by atoms with van der Waals surface area (Å²) in [6.07, 6.45) is -5.13. The topological polar surface area (TPSA) is 76.0 Å². The fourth-order valence-electron chi connectivity index (χ4n) is 1.94. The number of rotatable bonds is 3. The number of alkyl halides is 5. The van der Waals surface area contributed by atoms with Crippen LogP contribution in [0.1, 0.15) is 13.8 Å². The second-order valence-electron chi connectivity index (χ2n) is 5.45. The molecule has 0 amide bonds. The average Bonchev–Trinajstić information content (AvgIpc) is 2.38. The molecule has 2 N–H and O–H groups in total. The standard InChI is InChI=1S/C12H15F5O5/c1-4-7(18)21-5-8(2)6-22-11(20,12(15,16)17)10(13,14)9(8,3)19/h4,19-20H,1,5-6H2,2-3H3. The SMILES string of the molecule is C=CC(=O)OCC1(C)COC(O)(C(F)(F)F)C(F)(F)C1(C)O. The molecule has 0 bridgehead atoms. The van der Waals surface area contributed by atoms with E-state index >= 15 is 0 Å². The lowest BCUT2D eigenvalue weighted by Crippen LogP contribution is -2.78. The molecule has 0 radical (unpaired) electrons. The van der Waals surface area contributed by atoms with Gasteiger partial charge in [0.2, 0.25) is 0 Å². The van der Waals surface area contributed by atoms with Crippen molar-refractivity contribution >= 4 is 5.97 Å². The number of aliphatic hydroxyl groups is 2. The number of carbonyl (C=O) groups excluding carboxylic acids is 1. The van der Waals surface area contributed by atoms with Crippen molar-refractivity contribution in [2.24, 2.45) is 5.41 Å². The molecule has 0 aromatic rings. The molecule has 0 spiro atoms. The fraction of sp³-hybridized carbons (Fsp3) is 0.750. The van der Waals surface area contributed by atoms with Crippen LogP contribution >= 0.6 is 0 Å². The van der Waals surface area contributed by atoms with Gasteiger partial charge in [0, 0.05) is 6.08 Å². The lowest BCUT2D eigenvalue weighted by Gasteiger charge is -2.55. The van der Waals surface area contributed by atoms with Gasteiger partial charge in [0.15, 0.2) is 0 Å². The van der Waals surface area contributed by atoms with Crippen LogP contribution in [0.3, 0.4) is 0 Å². The van der Waals surface area contributed by atoms with E-state index in [2.05, 4.69) is 16.1 Å². The molecule has 0 aromatic carbocycles. The molecule has 1 heterocycles. The predicted molar refractivity (Wildman–Crippen MR) is 61.8 cm³/mol. The van der Waals surface area contributed by atoms with Crippen LogP contribution < -0.4 is 0 Å². The van der Waals surface area contributed by atoms with Crippen LogP contribution in [0.5, 0.6) is 0 Å². The summed E-state index contributed by atoms with van der Waals surface area (Å²) < 4.78 is 74.9. The molecule has 5 nitrogen and oxygen atoms in total. The van der Waals surface area contributed by atoms with Crippen molar-refractivity contribution in [3.05, 3.63) is 12.7 Å². The average molecular weight is 334 g/mol. The Morgan fingerprint density at radius 3 is 2.27 bits per heavy atom. The highest BCUT2D eigenvalue weighted by Gasteiger charge is 2.82. The van der Waals surface area contributed by atoms with Gasteiger partial charge in [-0.15, -0.1) is 0 Å². The largest absolute Gasteiger partial charge is 0.462 e. The Morgan fingerprint density at radius 2 is 1.86 bits per heavy atom. The Morgan fingerprint density at radius 1 is 1.36 bits per heavy atom. The third-order valence-corrected chi connectivity index (χ3v) is 3.90. The number of hydrogen-bond donors (Lipinski definition) is 2. The highest BCUT2D eigenvalue weighted by Crippen LogP contribution is 2.57. The smallest absolute Gasteiger partial charge is 0.449 e.